The molecule has 3 aromatic rings. The van der Waals surface area contributed by atoms with E-state index in [1.807, 2.05) is 0 Å². The predicted octanol–water partition coefficient (Wildman–Crippen LogP) is 2.01. The molecule has 27 heavy (non-hydrogen) atoms. The van der Waals surface area contributed by atoms with Crippen LogP contribution in [0.15, 0.2) is 62.8 Å². The van der Waals surface area contributed by atoms with Crippen molar-refractivity contribution in [2.45, 2.75) is 12.0 Å². The number of carbonyl (C=O) groups excluding carboxylic acids is 1. The van der Waals surface area contributed by atoms with Crippen LogP contribution in [-0.2, 0) is 14.8 Å². The maximum atomic E-state index is 12.5. The molecule has 0 spiro atoms. The highest BCUT2D eigenvalue weighted by Crippen LogP contribution is 2.24. The monoisotopic (exact) mass is 389 g/mol. The zero-order valence-electron chi connectivity index (χ0n) is 14.1. The number of nitrogens with one attached hydrogen (secondary N) is 2. The molecular weight excluding hydrogens is 374 g/mol. The van der Waals surface area contributed by atoms with Gasteiger partial charge in [0.05, 0.1) is 12.2 Å². The van der Waals surface area contributed by atoms with Gasteiger partial charge in [-0.2, -0.15) is 13.5 Å². The summed E-state index contributed by atoms with van der Waals surface area (Å²) in [5, 5.41) is 5.68. The summed E-state index contributed by atoms with van der Waals surface area (Å²) >= 11 is 0. The molecule has 140 valence electrons. The molecule has 0 radical (unpaired) electrons. The number of furan rings is 1. The summed E-state index contributed by atoms with van der Waals surface area (Å²) in [7, 11) is -4.03. The second-order valence-corrected chi connectivity index (χ2v) is 6.95. The standard InChI is InChI=1S/C17H15N3O6S/c1-2-25-17(22)11-4-3-5-12(10-11)20-27(23,24)16-9-7-14(26-16)13-6-8-15(21)19-18-13/h3-10,20H,2H2,1H3,(H,19,21). The van der Waals surface area contributed by atoms with E-state index in [1.165, 1.54) is 48.5 Å². The highest BCUT2D eigenvalue weighted by atomic mass is 32.2. The van der Waals surface area contributed by atoms with Crippen LogP contribution in [0.1, 0.15) is 17.3 Å². The Morgan fingerprint density at radius 2 is 2.04 bits per heavy atom. The van der Waals surface area contributed by atoms with Crippen LogP contribution in [0.5, 0.6) is 0 Å². The second-order valence-electron chi connectivity index (χ2n) is 5.33. The molecule has 0 bridgehead atoms. The molecule has 0 saturated heterocycles. The van der Waals surface area contributed by atoms with Gasteiger partial charge in [-0.1, -0.05) is 6.07 Å². The third-order valence-corrected chi connectivity index (χ3v) is 4.66. The highest BCUT2D eigenvalue weighted by molar-refractivity contribution is 7.92. The molecule has 3 rings (SSSR count). The highest BCUT2D eigenvalue weighted by Gasteiger charge is 2.20. The molecule has 0 aliphatic heterocycles. The zero-order chi connectivity index (χ0) is 19.4. The SMILES string of the molecule is CCOC(=O)c1cccc(NS(=O)(=O)c2ccc(-c3ccc(=O)[nH]n3)o2)c1. The van der Waals surface area contributed by atoms with Crippen LogP contribution in [0.4, 0.5) is 5.69 Å². The first-order valence-electron chi connectivity index (χ1n) is 7.85. The van der Waals surface area contributed by atoms with Crippen molar-refractivity contribution < 1.29 is 22.4 Å². The van der Waals surface area contributed by atoms with Gasteiger partial charge in [0.1, 0.15) is 5.69 Å². The summed E-state index contributed by atoms with van der Waals surface area (Å²) < 4.78 is 37.6. The van der Waals surface area contributed by atoms with Gasteiger partial charge in [-0.05, 0) is 43.3 Å². The van der Waals surface area contributed by atoms with Crippen molar-refractivity contribution in [3.05, 3.63) is 64.4 Å². The number of aromatic amines is 1. The Hall–Kier alpha value is -3.40. The number of H-pyrrole nitrogens is 1. The fourth-order valence-corrected chi connectivity index (χ4v) is 3.20. The van der Waals surface area contributed by atoms with Crippen molar-refractivity contribution in [1.29, 1.82) is 0 Å². The van der Waals surface area contributed by atoms with Crippen LogP contribution in [0.2, 0.25) is 0 Å². The van der Waals surface area contributed by atoms with Gasteiger partial charge in [-0.3, -0.25) is 9.52 Å². The van der Waals surface area contributed by atoms with Gasteiger partial charge in [-0.25, -0.2) is 9.89 Å². The lowest BCUT2D eigenvalue weighted by atomic mass is 10.2. The average molecular weight is 389 g/mol. The normalized spacial score (nSPS) is 11.1. The zero-order valence-corrected chi connectivity index (χ0v) is 14.9. The molecule has 10 heteroatoms. The number of esters is 1. The molecule has 0 amide bonds. The number of carbonyl (C=O) groups is 1. The van der Waals surface area contributed by atoms with Crippen LogP contribution in [0.3, 0.4) is 0 Å². The largest absolute Gasteiger partial charge is 0.462 e. The molecule has 0 fully saturated rings. The van der Waals surface area contributed by atoms with Gasteiger partial charge in [0, 0.05) is 11.8 Å². The number of hydrogen-bond donors (Lipinski definition) is 2. The first kappa shape index (κ1) is 18.4. The number of benzene rings is 1. The molecule has 1 aromatic carbocycles. The summed E-state index contributed by atoms with van der Waals surface area (Å²) in [4.78, 5) is 22.8. The molecule has 2 N–H and O–H groups in total. The van der Waals surface area contributed by atoms with Crippen molar-refractivity contribution >= 4 is 21.7 Å². The maximum Gasteiger partial charge on any atom is 0.338 e. The Balaban J connectivity index is 1.83. The van der Waals surface area contributed by atoms with Crippen molar-refractivity contribution in [3.8, 4) is 11.5 Å². The Morgan fingerprint density at radius 3 is 2.74 bits per heavy atom. The average Bonchev–Trinajstić information content (AvgIpc) is 3.13. The third-order valence-electron chi connectivity index (χ3n) is 3.40. The third kappa shape index (κ3) is 4.23. The quantitative estimate of drug-likeness (QED) is 0.616. The molecule has 0 aliphatic rings. The number of ether oxygens (including phenoxy) is 1. The van der Waals surface area contributed by atoms with E-state index in [1.54, 1.807) is 6.92 Å². The summed E-state index contributed by atoms with van der Waals surface area (Å²) in [6, 6.07) is 11.2. The molecular formula is C17H15N3O6S. The van der Waals surface area contributed by atoms with Gasteiger partial charge in [-0.15, -0.1) is 0 Å². The summed E-state index contributed by atoms with van der Waals surface area (Å²) in [5.41, 5.74) is 0.289. The Kier molecular flexibility index (Phi) is 5.08. The van der Waals surface area contributed by atoms with E-state index in [0.717, 1.165) is 0 Å². The fraction of sp³-hybridized carbons (Fsp3) is 0.118. The maximum absolute atomic E-state index is 12.5. The van der Waals surface area contributed by atoms with Crippen LogP contribution >= 0.6 is 0 Å². The number of anilines is 1. The van der Waals surface area contributed by atoms with Crippen LogP contribution in [-0.4, -0.2) is 31.2 Å². The van der Waals surface area contributed by atoms with Crippen LogP contribution < -0.4 is 10.3 Å². The summed E-state index contributed by atoms with van der Waals surface area (Å²) in [6.45, 7) is 1.89. The van der Waals surface area contributed by atoms with E-state index in [-0.39, 0.29) is 40.0 Å². The Bertz CT molecular complexity index is 1110. The number of rotatable bonds is 6. The van der Waals surface area contributed by atoms with E-state index in [4.69, 9.17) is 9.15 Å². The minimum atomic E-state index is -4.03. The second kappa shape index (κ2) is 7.46. The van der Waals surface area contributed by atoms with Crippen LogP contribution in [0.25, 0.3) is 11.5 Å². The minimum Gasteiger partial charge on any atom is -0.462 e. The molecule has 2 aromatic heterocycles. The van der Waals surface area contributed by atoms with Gasteiger partial charge >= 0.3 is 5.97 Å². The lowest BCUT2D eigenvalue weighted by Gasteiger charge is -2.07. The number of sulfonamides is 1. The lowest BCUT2D eigenvalue weighted by Crippen LogP contribution is -2.13. The molecule has 0 atom stereocenters. The topological polar surface area (TPSA) is 131 Å². The Morgan fingerprint density at radius 1 is 1.22 bits per heavy atom. The van der Waals surface area contributed by atoms with Crippen LogP contribution in [0, 0.1) is 0 Å². The van der Waals surface area contributed by atoms with Gasteiger partial charge in [0.25, 0.3) is 15.6 Å². The summed E-state index contributed by atoms with van der Waals surface area (Å²) in [5.74, 6) is -0.380. The Labute approximate surface area is 154 Å². The smallest absolute Gasteiger partial charge is 0.338 e. The number of aromatic nitrogens is 2. The van der Waals surface area contributed by atoms with Gasteiger partial charge in [0.15, 0.2) is 5.76 Å². The van der Waals surface area contributed by atoms with Crippen molar-refractivity contribution in [1.82, 2.24) is 10.2 Å². The number of hydrogen-bond acceptors (Lipinski definition) is 7. The van der Waals surface area contributed by atoms with E-state index >= 15 is 0 Å². The van der Waals surface area contributed by atoms with Crippen molar-refractivity contribution in [2.24, 2.45) is 0 Å². The molecule has 0 saturated carbocycles. The number of nitrogens with zero attached hydrogens (tertiary/aromatic N) is 1. The predicted molar refractivity (Wildman–Crippen MR) is 95.8 cm³/mol. The van der Waals surface area contributed by atoms with Crippen molar-refractivity contribution in [3.63, 3.8) is 0 Å². The van der Waals surface area contributed by atoms with E-state index < -0.39 is 16.0 Å². The molecule has 9 nitrogen and oxygen atoms in total. The first-order chi connectivity index (χ1) is 12.9. The van der Waals surface area contributed by atoms with E-state index in [0.29, 0.717) is 0 Å². The lowest BCUT2D eigenvalue weighted by molar-refractivity contribution is 0.0526. The molecule has 0 unspecified atom stereocenters. The first-order valence-corrected chi connectivity index (χ1v) is 9.33. The molecule has 2 heterocycles. The molecule has 0 aliphatic carbocycles. The van der Waals surface area contributed by atoms with E-state index in [9.17, 15) is 18.0 Å². The van der Waals surface area contributed by atoms with Crippen molar-refractivity contribution in [2.75, 3.05) is 11.3 Å². The van der Waals surface area contributed by atoms with E-state index in [2.05, 4.69) is 14.9 Å². The van der Waals surface area contributed by atoms with Gasteiger partial charge in [0.2, 0.25) is 5.09 Å². The van der Waals surface area contributed by atoms with Gasteiger partial charge < -0.3 is 9.15 Å². The fourth-order valence-electron chi connectivity index (χ4n) is 2.21. The minimum absolute atomic E-state index is 0.173. The summed E-state index contributed by atoms with van der Waals surface area (Å²) in [6.07, 6.45) is 0.